The van der Waals surface area contributed by atoms with Crippen molar-refractivity contribution in [3.05, 3.63) is 98.5 Å². The van der Waals surface area contributed by atoms with Crippen LogP contribution in [0.15, 0.2) is 71.2 Å². The third-order valence-electron chi connectivity index (χ3n) is 7.40. The summed E-state index contributed by atoms with van der Waals surface area (Å²) in [6.45, 7) is -1.11. The molecule has 1 aliphatic heterocycles. The lowest BCUT2D eigenvalue weighted by molar-refractivity contribution is -0.154. The zero-order valence-corrected chi connectivity index (χ0v) is 21.7. The first kappa shape index (κ1) is 23.9. The Morgan fingerprint density at radius 3 is 1.86 bits per heavy atom. The molecule has 3 amide bonds. The van der Waals surface area contributed by atoms with Crippen LogP contribution in [0.1, 0.15) is 34.1 Å². The van der Waals surface area contributed by atoms with Crippen molar-refractivity contribution in [3.8, 4) is 0 Å². The van der Waals surface area contributed by atoms with Gasteiger partial charge in [-0.2, -0.15) is 0 Å². The maximum absolute atomic E-state index is 13.5. The Morgan fingerprint density at radius 1 is 0.865 bits per heavy atom. The number of amides is 3. The van der Waals surface area contributed by atoms with Crippen LogP contribution in [-0.4, -0.2) is 41.7 Å². The van der Waals surface area contributed by atoms with Crippen LogP contribution in [0.25, 0.3) is 0 Å². The van der Waals surface area contributed by atoms with E-state index in [1.165, 1.54) is 0 Å². The molecule has 186 valence electrons. The monoisotopic (exact) mass is 578 g/mol. The fraction of sp³-hybridized carbons (Fsp3) is 0.214. The molecular weight excluding hydrogens is 560 g/mol. The second kappa shape index (κ2) is 9.11. The zero-order chi connectivity index (χ0) is 25.8. The van der Waals surface area contributed by atoms with Gasteiger partial charge in [-0.15, -0.1) is 0 Å². The number of halogens is 2. The molecule has 1 heterocycles. The van der Waals surface area contributed by atoms with Crippen LogP contribution in [0.3, 0.4) is 0 Å². The number of carbonyl (C=O) groups excluding carboxylic acids is 4. The molecule has 1 N–H and O–H groups in total. The summed E-state index contributed by atoms with van der Waals surface area (Å²) in [5.41, 5.74) is 4.60. The van der Waals surface area contributed by atoms with Gasteiger partial charge in [0.1, 0.15) is 6.54 Å². The van der Waals surface area contributed by atoms with Gasteiger partial charge in [-0.3, -0.25) is 24.1 Å². The van der Waals surface area contributed by atoms with Crippen molar-refractivity contribution in [2.45, 2.75) is 11.8 Å². The number of anilines is 1. The molecule has 0 aromatic heterocycles. The molecule has 7 nitrogen and oxygen atoms in total. The highest BCUT2D eigenvalue weighted by Crippen LogP contribution is 2.60. The number of rotatable bonds is 5. The average molecular weight is 580 g/mol. The maximum Gasteiger partial charge on any atom is 0.326 e. The van der Waals surface area contributed by atoms with Crippen molar-refractivity contribution in [1.82, 2.24) is 4.90 Å². The van der Waals surface area contributed by atoms with Gasteiger partial charge in [0.25, 0.3) is 5.91 Å². The first-order valence-corrected chi connectivity index (χ1v) is 13.0. The van der Waals surface area contributed by atoms with E-state index in [9.17, 15) is 19.2 Å². The summed E-state index contributed by atoms with van der Waals surface area (Å²) in [6, 6.07) is 20.8. The molecule has 0 radical (unpaired) electrons. The minimum Gasteiger partial charge on any atom is -0.454 e. The van der Waals surface area contributed by atoms with Crippen molar-refractivity contribution in [2.75, 3.05) is 18.5 Å². The third-order valence-corrected chi connectivity index (χ3v) is 8.20. The Morgan fingerprint density at radius 2 is 1.38 bits per heavy atom. The highest BCUT2D eigenvalue weighted by molar-refractivity contribution is 9.10. The Balaban J connectivity index is 1.18. The molecular formula is C28H20BrClN2O5. The van der Waals surface area contributed by atoms with Crippen LogP contribution in [0, 0.1) is 11.8 Å². The van der Waals surface area contributed by atoms with Gasteiger partial charge in [0.05, 0.1) is 22.5 Å². The highest BCUT2D eigenvalue weighted by Gasteiger charge is 2.61. The molecule has 1 fully saturated rings. The highest BCUT2D eigenvalue weighted by atomic mass is 79.9. The van der Waals surface area contributed by atoms with Gasteiger partial charge in [0.2, 0.25) is 11.8 Å². The van der Waals surface area contributed by atoms with Gasteiger partial charge in [0, 0.05) is 16.3 Å². The minimum absolute atomic E-state index is 0.249. The number of imide groups is 1. The summed E-state index contributed by atoms with van der Waals surface area (Å²) < 4.78 is 5.85. The Hall–Kier alpha value is -3.49. The van der Waals surface area contributed by atoms with Crippen LogP contribution in [-0.2, 0) is 23.9 Å². The average Bonchev–Trinajstić information content (AvgIpc) is 3.14. The van der Waals surface area contributed by atoms with E-state index in [2.05, 4.69) is 21.2 Å². The lowest BCUT2D eigenvalue weighted by atomic mass is 9.55. The Bertz CT molecular complexity index is 1380. The fourth-order valence-corrected chi connectivity index (χ4v) is 6.71. The van der Waals surface area contributed by atoms with E-state index in [1.54, 1.807) is 18.2 Å². The molecule has 0 unspecified atom stereocenters. The van der Waals surface area contributed by atoms with Crippen molar-refractivity contribution >= 4 is 56.9 Å². The van der Waals surface area contributed by atoms with Gasteiger partial charge in [-0.1, -0.05) is 76.1 Å². The number of ether oxygens (including phenoxy) is 1. The number of esters is 1. The maximum atomic E-state index is 13.5. The second-order valence-corrected chi connectivity index (χ2v) is 10.7. The number of hydrogen-bond acceptors (Lipinski definition) is 5. The van der Waals surface area contributed by atoms with Gasteiger partial charge in [-0.05, 0) is 40.5 Å². The molecule has 2 bridgehead atoms. The summed E-state index contributed by atoms with van der Waals surface area (Å²) in [4.78, 5) is 52.9. The number of carbonyl (C=O) groups is 4. The smallest absolute Gasteiger partial charge is 0.326 e. The molecule has 3 aromatic carbocycles. The molecule has 1 saturated heterocycles. The largest absolute Gasteiger partial charge is 0.454 e. The zero-order valence-electron chi connectivity index (χ0n) is 19.3. The molecule has 9 heteroatoms. The van der Waals surface area contributed by atoms with Crippen molar-refractivity contribution < 1.29 is 23.9 Å². The summed E-state index contributed by atoms with van der Waals surface area (Å²) in [7, 11) is 0. The van der Waals surface area contributed by atoms with E-state index in [4.69, 9.17) is 16.3 Å². The lowest BCUT2D eigenvalue weighted by Crippen LogP contribution is -2.41. The predicted octanol–water partition coefficient (Wildman–Crippen LogP) is 4.48. The lowest BCUT2D eigenvalue weighted by Gasteiger charge is -2.45. The third kappa shape index (κ3) is 3.86. The first-order valence-electron chi connectivity index (χ1n) is 11.8. The minimum atomic E-state index is -0.834. The van der Waals surface area contributed by atoms with E-state index >= 15 is 0 Å². The molecule has 3 aromatic rings. The van der Waals surface area contributed by atoms with E-state index < -0.39 is 36.9 Å². The van der Waals surface area contributed by atoms with Crippen LogP contribution in [0.2, 0.25) is 5.02 Å². The molecule has 0 saturated carbocycles. The second-order valence-electron chi connectivity index (χ2n) is 9.36. The van der Waals surface area contributed by atoms with E-state index in [0.717, 1.165) is 31.6 Å². The molecule has 7 rings (SSSR count). The topological polar surface area (TPSA) is 92.8 Å². The molecule has 37 heavy (non-hydrogen) atoms. The van der Waals surface area contributed by atoms with Crippen molar-refractivity contribution in [1.29, 1.82) is 0 Å². The van der Waals surface area contributed by atoms with E-state index in [0.29, 0.717) is 10.7 Å². The normalized spacial score (nSPS) is 22.8. The van der Waals surface area contributed by atoms with E-state index in [-0.39, 0.29) is 23.7 Å². The van der Waals surface area contributed by atoms with Crippen LogP contribution in [0.5, 0.6) is 0 Å². The molecule has 4 aliphatic rings. The first-order chi connectivity index (χ1) is 17.8. The molecule has 3 aliphatic carbocycles. The summed E-state index contributed by atoms with van der Waals surface area (Å²) >= 11 is 9.39. The van der Waals surface area contributed by atoms with Crippen LogP contribution in [0.4, 0.5) is 5.69 Å². The summed E-state index contributed by atoms with van der Waals surface area (Å²) in [5.74, 6) is -3.82. The Labute approximate surface area is 225 Å². The van der Waals surface area contributed by atoms with Crippen molar-refractivity contribution in [3.63, 3.8) is 0 Å². The number of nitrogens with one attached hydrogen (secondary N) is 1. The fourth-order valence-electron chi connectivity index (χ4n) is 5.99. The molecule has 0 spiro atoms. The predicted molar refractivity (Wildman–Crippen MR) is 139 cm³/mol. The van der Waals surface area contributed by atoms with Gasteiger partial charge in [-0.25, -0.2) is 0 Å². The molecule has 2 atom stereocenters. The number of likely N-dealkylation sites (tertiary alicyclic amines) is 1. The standard InChI is InChI=1S/C28H20BrClN2O5/c29-14-9-10-20(19(30)11-14)31-21(33)13-37-22(34)12-32-27(35)25-23-15-5-1-2-6-16(15)24(26(25)28(32)36)18-8-4-3-7-17(18)23/h1-11,23-26H,12-13H2,(H,31,33)/t23?,24?,25-,26-/m0/s1. The van der Waals surface area contributed by atoms with Gasteiger partial charge >= 0.3 is 5.97 Å². The number of hydrogen-bond donors (Lipinski definition) is 1. The Kier molecular flexibility index (Phi) is 5.88. The van der Waals surface area contributed by atoms with Crippen LogP contribution >= 0.6 is 27.5 Å². The van der Waals surface area contributed by atoms with E-state index in [1.807, 2.05) is 48.5 Å². The van der Waals surface area contributed by atoms with Gasteiger partial charge in [0.15, 0.2) is 6.61 Å². The summed E-state index contributed by atoms with van der Waals surface area (Å²) in [6.07, 6.45) is 0. The SMILES string of the molecule is O=C(COC(=O)CN1C(=O)[C@H]2C3c4ccccc4C(c4ccccc43)[C@@H]2C1=O)Nc1ccc(Br)cc1Cl. The van der Waals surface area contributed by atoms with Gasteiger partial charge < -0.3 is 10.1 Å². The van der Waals surface area contributed by atoms with Crippen LogP contribution < -0.4 is 5.32 Å². The number of nitrogens with zero attached hydrogens (tertiary/aromatic N) is 1. The summed E-state index contributed by atoms with van der Waals surface area (Å²) in [5, 5.41) is 2.89. The number of benzene rings is 3. The quantitative estimate of drug-likeness (QED) is 0.356. The van der Waals surface area contributed by atoms with Crippen molar-refractivity contribution in [2.24, 2.45) is 11.8 Å².